The van der Waals surface area contributed by atoms with Gasteiger partial charge in [-0.2, -0.15) is 0 Å². The third-order valence-corrected chi connectivity index (χ3v) is 5.43. The second-order valence-electron chi connectivity index (χ2n) is 7.93. The first-order chi connectivity index (χ1) is 8.37. The molecule has 1 aliphatic carbocycles. The standard InChI is InChI=1S/C16H32N2/c1-13-9-14(2)11-16(10-13,12-17)18-7-5-15(3,4)6-8-18/h13-14H,5-12,17H2,1-4H3. The van der Waals surface area contributed by atoms with Crippen molar-refractivity contribution in [2.45, 2.75) is 65.3 Å². The van der Waals surface area contributed by atoms with Crippen LogP contribution in [0.3, 0.4) is 0 Å². The Morgan fingerprint density at radius 2 is 1.56 bits per heavy atom. The first-order valence-electron chi connectivity index (χ1n) is 7.82. The second kappa shape index (κ2) is 5.13. The topological polar surface area (TPSA) is 29.3 Å². The molecule has 2 fully saturated rings. The first kappa shape index (κ1) is 14.3. The Kier molecular flexibility index (Phi) is 4.08. The van der Waals surface area contributed by atoms with E-state index in [1.165, 1.54) is 45.2 Å². The fourth-order valence-corrected chi connectivity index (χ4v) is 4.37. The molecular weight excluding hydrogens is 220 g/mol. The van der Waals surface area contributed by atoms with Crippen LogP contribution in [0, 0.1) is 17.3 Å². The Bertz CT molecular complexity index is 265. The van der Waals surface area contributed by atoms with Crippen molar-refractivity contribution in [2.75, 3.05) is 19.6 Å². The molecule has 1 saturated carbocycles. The molecular formula is C16H32N2. The van der Waals surface area contributed by atoms with Crippen LogP contribution in [0.25, 0.3) is 0 Å². The van der Waals surface area contributed by atoms with E-state index in [2.05, 4.69) is 32.6 Å². The Morgan fingerprint density at radius 3 is 2.00 bits per heavy atom. The quantitative estimate of drug-likeness (QED) is 0.817. The molecule has 2 heteroatoms. The molecule has 2 unspecified atom stereocenters. The van der Waals surface area contributed by atoms with Gasteiger partial charge in [0.25, 0.3) is 0 Å². The fraction of sp³-hybridized carbons (Fsp3) is 1.00. The largest absolute Gasteiger partial charge is 0.329 e. The van der Waals surface area contributed by atoms with E-state index in [4.69, 9.17) is 5.73 Å². The molecule has 0 aromatic rings. The lowest BCUT2D eigenvalue weighted by Gasteiger charge is -2.53. The monoisotopic (exact) mass is 252 g/mol. The van der Waals surface area contributed by atoms with E-state index in [0.717, 1.165) is 18.4 Å². The number of piperidine rings is 1. The molecule has 2 N–H and O–H groups in total. The van der Waals surface area contributed by atoms with Crippen LogP contribution in [-0.4, -0.2) is 30.1 Å². The van der Waals surface area contributed by atoms with E-state index in [1.54, 1.807) is 0 Å². The van der Waals surface area contributed by atoms with Crippen LogP contribution in [0.15, 0.2) is 0 Å². The second-order valence-corrected chi connectivity index (χ2v) is 7.93. The third kappa shape index (κ3) is 2.91. The number of likely N-dealkylation sites (tertiary alicyclic amines) is 1. The number of rotatable bonds is 2. The van der Waals surface area contributed by atoms with Crippen LogP contribution in [0.5, 0.6) is 0 Å². The molecule has 0 amide bonds. The van der Waals surface area contributed by atoms with Gasteiger partial charge in [-0.05, 0) is 62.4 Å². The number of hydrogen-bond acceptors (Lipinski definition) is 2. The van der Waals surface area contributed by atoms with Crippen molar-refractivity contribution >= 4 is 0 Å². The molecule has 0 aromatic heterocycles. The van der Waals surface area contributed by atoms with E-state index in [9.17, 15) is 0 Å². The SMILES string of the molecule is CC1CC(C)CC(CN)(N2CCC(C)(C)CC2)C1. The van der Waals surface area contributed by atoms with Crippen molar-refractivity contribution in [3.8, 4) is 0 Å². The summed E-state index contributed by atoms with van der Waals surface area (Å²) in [4.78, 5) is 2.74. The maximum absolute atomic E-state index is 6.22. The number of nitrogens with zero attached hydrogens (tertiary/aromatic N) is 1. The molecule has 18 heavy (non-hydrogen) atoms. The van der Waals surface area contributed by atoms with Gasteiger partial charge < -0.3 is 5.73 Å². The summed E-state index contributed by atoms with van der Waals surface area (Å²) in [6.07, 6.45) is 6.68. The van der Waals surface area contributed by atoms with Gasteiger partial charge in [0.15, 0.2) is 0 Å². The van der Waals surface area contributed by atoms with Crippen molar-refractivity contribution in [2.24, 2.45) is 23.0 Å². The Balaban J connectivity index is 2.08. The minimum atomic E-state index is 0.313. The molecule has 0 bridgehead atoms. The highest BCUT2D eigenvalue weighted by molar-refractivity contribution is 4.99. The summed E-state index contributed by atoms with van der Waals surface area (Å²) in [7, 11) is 0. The number of nitrogens with two attached hydrogens (primary N) is 1. The van der Waals surface area contributed by atoms with Crippen LogP contribution in [0.2, 0.25) is 0 Å². The maximum atomic E-state index is 6.22. The summed E-state index contributed by atoms with van der Waals surface area (Å²) in [5.41, 5.74) is 7.07. The van der Waals surface area contributed by atoms with E-state index in [-0.39, 0.29) is 0 Å². The highest BCUT2D eigenvalue weighted by Gasteiger charge is 2.43. The predicted octanol–water partition coefficient (Wildman–Crippen LogP) is 3.26. The average Bonchev–Trinajstić information content (AvgIpc) is 2.27. The molecule has 2 atom stereocenters. The fourth-order valence-electron chi connectivity index (χ4n) is 4.37. The predicted molar refractivity (Wildman–Crippen MR) is 78.6 cm³/mol. The van der Waals surface area contributed by atoms with Crippen LogP contribution >= 0.6 is 0 Å². The van der Waals surface area contributed by atoms with Gasteiger partial charge in [-0.3, -0.25) is 4.90 Å². The lowest BCUT2D eigenvalue weighted by molar-refractivity contribution is -0.0159. The Hall–Kier alpha value is -0.0800. The zero-order chi connectivity index (χ0) is 13.4. The van der Waals surface area contributed by atoms with Gasteiger partial charge in [-0.25, -0.2) is 0 Å². The van der Waals surface area contributed by atoms with Crippen molar-refractivity contribution < 1.29 is 0 Å². The summed E-state index contributed by atoms with van der Waals surface area (Å²) in [5.74, 6) is 1.68. The van der Waals surface area contributed by atoms with Crippen molar-refractivity contribution in [1.82, 2.24) is 4.90 Å². The molecule has 0 spiro atoms. The summed E-state index contributed by atoms with van der Waals surface area (Å²) in [6, 6.07) is 0. The summed E-state index contributed by atoms with van der Waals surface area (Å²) in [5, 5.41) is 0. The normalized spacial score (nSPS) is 41.8. The van der Waals surface area contributed by atoms with Gasteiger partial charge in [0.1, 0.15) is 0 Å². The van der Waals surface area contributed by atoms with Crippen molar-refractivity contribution in [3.63, 3.8) is 0 Å². The molecule has 1 aliphatic heterocycles. The van der Waals surface area contributed by atoms with Gasteiger partial charge >= 0.3 is 0 Å². The van der Waals surface area contributed by atoms with Crippen LogP contribution in [-0.2, 0) is 0 Å². The van der Waals surface area contributed by atoms with Gasteiger partial charge in [-0.1, -0.05) is 27.7 Å². The molecule has 106 valence electrons. The molecule has 1 heterocycles. The third-order valence-electron chi connectivity index (χ3n) is 5.43. The molecule has 2 nitrogen and oxygen atoms in total. The summed E-state index contributed by atoms with van der Waals surface area (Å²) >= 11 is 0. The molecule has 2 aliphatic rings. The highest BCUT2D eigenvalue weighted by Crippen LogP contribution is 2.42. The van der Waals surface area contributed by atoms with Gasteiger partial charge in [0, 0.05) is 12.1 Å². The van der Waals surface area contributed by atoms with Crippen molar-refractivity contribution in [1.29, 1.82) is 0 Å². The van der Waals surface area contributed by atoms with E-state index in [0.29, 0.717) is 11.0 Å². The van der Waals surface area contributed by atoms with Crippen LogP contribution < -0.4 is 5.73 Å². The smallest absolute Gasteiger partial charge is 0.0336 e. The lowest BCUT2D eigenvalue weighted by Crippen LogP contribution is -2.60. The summed E-state index contributed by atoms with van der Waals surface area (Å²) in [6.45, 7) is 13.0. The molecule has 0 aromatic carbocycles. The molecule has 0 radical (unpaired) electrons. The van der Waals surface area contributed by atoms with Gasteiger partial charge in [0.2, 0.25) is 0 Å². The van der Waals surface area contributed by atoms with Crippen molar-refractivity contribution in [3.05, 3.63) is 0 Å². The average molecular weight is 252 g/mol. The first-order valence-corrected chi connectivity index (χ1v) is 7.82. The summed E-state index contributed by atoms with van der Waals surface area (Å²) < 4.78 is 0. The number of hydrogen-bond donors (Lipinski definition) is 1. The zero-order valence-corrected chi connectivity index (χ0v) is 12.8. The van der Waals surface area contributed by atoms with E-state index < -0.39 is 0 Å². The highest BCUT2D eigenvalue weighted by atomic mass is 15.2. The van der Waals surface area contributed by atoms with Gasteiger partial charge in [-0.15, -0.1) is 0 Å². The Morgan fingerprint density at radius 1 is 1.06 bits per heavy atom. The lowest BCUT2D eigenvalue weighted by atomic mass is 9.69. The molecule has 2 rings (SSSR count). The van der Waals surface area contributed by atoms with Crippen LogP contribution in [0.1, 0.15) is 59.8 Å². The van der Waals surface area contributed by atoms with Gasteiger partial charge in [0.05, 0.1) is 0 Å². The zero-order valence-electron chi connectivity index (χ0n) is 12.8. The maximum Gasteiger partial charge on any atom is 0.0336 e. The van der Waals surface area contributed by atoms with E-state index >= 15 is 0 Å². The molecule has 1 saturated heterocycles. The minimum Gasteiger partial charge on any atom is -0.329 e. The van der Waals surface area contributed by atoms with Crippen LogP contribution in [0.4, 0.5) is 0 Å². The van der Waals surface area contributed by atoms with E-state index in [1.807, 2.05) is 0 Å². The minimum absolute atomic E-state index is 0.313. The Labute approximate surface area is 113 Å².